The SMILES string of the molecule is NS(=O)(=O)c1ccc(CNc2nc(NCC(F)(F)F)c3nc(-c4ccc(C(=O)NC5CC5)cc4)ccc3n2)cc1. The summed E-state index contributed by atoms with van der Waals surface area (Å²) in [5.41, 5.74) is 2.75. The molecule has 0 aliphatic heterocycles. The number of sulfonamides is 1. The van der Waals surface area contributed by atoms with E-state index < -0.39 is 22.7 Å². The van der Waals surface area contributed by atoms with Crippen LogP contribution in [0.2, 0.25) is 0 Å². The third-order valence-corrected chi connectivity index (χ3v) is 6.99. The highest BCUT2D eigenvalue weighted by Crippen LogP contribution is 2.27. The number of rotatable bonds is 9. The zero-order valence-corrected chi connectivity index (χ0v) is 21.7. The number of carbonyl (C=O) groups excluding carboxylic acids is 1. The standard InChI is InChI=1S/C26H24F3N7O3S/c27-26(28,29)14-32-23-22-21(35-25(36-23)31-13-15-1-9-19(10-2-15)40(30,38)39)12-11-20(34-22)16-3-5-17(6-4-16)24(37)33-18-7-8-18/h1-6,9-12,18H,7-8,13-14H2,(H,33,37)(H2,30,38,39)(H2,31,32,35,36). The first-order chi connectivity index (χ1) is 18.9. The van der Waals surface area contributed by atoms with Crippen LogP contribution in [0, 0.1) is 0 Å². The summed E-state index contributed by atoms with van der Waals surface area (Å²) >= 11 is 0. The Bertz CT molecular complexity index is 1660. The maximum absolute atomic E-state index is 13.0. The van der Waals surface area contributed by atoms with Crippen LogP contribution in [0.4, 0.5) is 24.9 Å². The molecule has 1 saturated carbocycles. The number of carbonyl (C=O) groups is 1. The maximum Gasteiger partial charge on any atom is 0.405 e. The number of pyridine rings is 1. The van der Waals surface area contributed by atoms with E-state index in [0.717, 1.165) is 12.8 Å². The van der Waals surface area contributed by atoms with Crippen molar-refractivity contribution in [3.8, 4) is 11.3 Å². The molecule has 2 aromatic carbocycles. The Hall–Kier alpha value is -4.30. The van der Waals surface area contributed by atoms with Crippen molar-refractivity contribution >= 4 is 38.7 Å². The average molecular weight is 572 g/mol. The Morgan fingerprint density at radius 1 is 0.925 bits per heavy atom. The van der Waals surface area contributed by atoms with Gasteiger partial charge < -0.3 is 16.0 Å². The van der Waals surface area contributed by atoms with Gasteiger partial charge in [0.2, 0.25) is 16.0 Å². The number of anilines is 2. The number of primary sulfonamides is 1. The Labute approximate surface area is 227 Å². The molecule has 0 spiro atoms. The van der Waals surface area contributed by atoms with Crippen molar-refractivity contribution in [2.45, 2.75) is 36.5 Å². The van der Waals surface area contributed by atoms with Crippen LogP contribution in [0.3, 0.4) is 0 Å². The highest BCUT2D eigenvalue weighted by Gasteiger charge is 2.28. The minimum Gasteiger partial charge on any atom is -0.359 e. The zero-order chi connectivity index (χ0) is 28.5. The highest BCUT2D eigenvalue weighted by molar-refractivity contribution is 7.89. The normalized spacial score (nSPS) is 13.7. The van der Waals surface area contributed by atoms with Crippen LogP contribution in [-0.4, -0.2) is 48.0 Å². The van der Waals surface area contributed by atoms with E-state index >= 15 is 0 Å². The van der Waals surface area contributed by atoms with Crippen molar-refractivity contribution in [2.24, 2.45) is 5.14 Å². The Morgan fingerprint density at radius 3 is 2.25 bits per heavy atom. The van der Waals surface area contributed by atoms with E-state index in [1.807, 2.05) is 0 Å². The first-order valence-electron chi connectivity index (χ1n) is 12.2. The van der Waals surface area contributed by atoms with Gasteiger partial charge in [-0.25, -0.2) is 23.5 Å². The molecule has 0 saturated heterocycles. The number of fused-ring (bicyclic) bond motifs is 1. The second-order valence-electron chi connectivity index (χ2n) is 9.30. The van der Waals surface area contributed by atoms with Crippen LogP contribution < -0.4 is 21.1 Å². The average Bonchev–Trinajstić information content (AvgIpc) is 3.73. The number of aromatic nitrogens is 3. The maximum atomic E-state index is 13.0. The van der Waals surface area contributed by atoms with E-state index in [4.69, 9.17) is 5.14 Å². The lowest BCUT2D eigenvalue weighted by Gasteiger charge is -2.14. The fourth-order valence-electron chi connectivity index (χ4n) is 3.83. The van der Waals surface area contributed by atoms with Gasteiger partial charge in [0.15, 0.2) is 5.82 Å². The summed E-state index contributed by atoms with van der Waals surface area (Å²) in [7, 11) is -3.84. The van der Waals surface area contributed by atoms with Gasteiger partial charge in [-0.1, -0.05) is 24.3 Å². The van der Waals surface area contributed by atoms with E-state index in [1.54, 1.807) is 48.5 Å². The molecular weight excluding hydrogens is 547 g/mol. The number of halogens is 3. The molecule has 208 valence electrons. The molecule has 40 heavy (non-hydrogen) atoms. The van der Waals surface area contributed by atoms with Gasteiger partial charge in [0.05, 0.1) is 16.1 Å². The van der Waals surface area contributed by atoms with Crippen LogP contribution in [0.1, 0.15) is 28.8 Å². The number of alkyl halides is 3. The molecule has 14 heteroatoms. The van der Waals surface area contributed by atoms with Crippen molar-refractivity contribution in [1.82, 2.24) is 20.3 Å². The topological polar surface area (TPSA) is 152 Å². The van der Waals surface area contributed by atoms with Gasteiger partial charge in [-0.05, 0) is 54.8 Å². The number of benzene rings is 2. The third kappa shape index (κ3) is 6.82. The minimum absolute atomic E-state index is 0.0464. The Morgan fingerprint density at radius 2 is 1.62 bits per heavy atom. The van der Waals surface area contributed by atoms with Gasteiger partial charge in [0.25, 0.3) is 5.91 Å². The molecule has 1 aliphatic carbocycles. The van der Waals surface area contributed by atoms with Gasteiger partial charge >= 0.3 is 6.18 Å². The van der Waals surface area contributed by atoms with Gasteiger partial charge in [-0.3, -0.25) is 4.79 Å². The van der Waals surface area contributed by atoms with Crippen LogP contribution in [0.5, 0.6) is 0 Å². The number of nitrogens with two attached hydrogens (primary N) is 1. The number of hydrogen-bond donors (Lipinski definition) is 4. The smallest absolute Gasteiger partial charge is 0.359 e. The largest absolute Gasteiger partial charge is 0.405 e. The zero-order valence-electron chi connectivity index (χ0n) is 20.9. The molecule has 0 radical (unpaired) electrons. The summed E-state index contributed by atoms with van der Waals surface area (Å²) in [6.07, 6.45) is -2.54. The van der Waals surface area contributed by atoms with Crippen molar-refractivity contribution < 1.29 is 26.4 Å². The van der Waals surface area contributed by atoms with E-state index in [0.29, 0.717) is 27.9 Å². The van der Waals surface area contributed by atoms with Crippen molar-refractivity contribution in [3.05, 3.63) is 71.8 Å². The van der Waals surface area contributed by atoms with Crippen LogP contribution in [-0.2, 0) is 16.6 Å². The number of nitrogens with one attached hydrogen (secondary N) is 3. The molecule has 0 unspecified atom stereocenters. The number of amides is 1. The van der Waals surface area contributed by atoms with Crippen LogP contribution in [0.25, 0.3) is 22.3 Å². The van der Waals surface area contributed by atoms with E-state index in [-0.39, 0.29) is 40.7 Å². The second kappa shape index (κ2) is 10.7. The summed E-state index contributed by atoms with van der Waals surface area (Å²) in [4.78, 5) is 25.3. The lowest BCUT2D eigenvalue weighted by atomic mass is 10.1. The molecule has 1 amide bonds. The van der Waals surface area contributed by atoms with Gasteiger partial charge in [-0.2, -0.15) is 18.2 Å². The van der Waals surface area contributed by atoms with E-state index in [1.165, 1.54) is 12.1 Å². The lowest BCUT2D eigenvalue weighted by Crippen LogP contribution is -2.25. The molecular formula is C26H24F3N7O3S. The second-order valence-corrected chi connectivity index (χ2v) is 10.9. The lowest BCUT2D eigenvalue weighted by molar-refractivity contribution is -0.115. The van der Waals surface area contributed by atoms with Gasteiger partial charge in [-0.15, -0.1) is 0 Å². The molecule has 0 bridgehead atoms. The van der Waals surface area contributed by atoms with E-state index in [2.05, 4.69) is 30.9 Å². The molecule has 5 rings (SSSR count). The summed E-state index contributed by atoms with van der Waals surface area (Å²) < 4.78 is 62.0. The number of hydrogen-bond acceptors (Lipinski definition) is 8. The number of nitrogens with zero attached hydrogens (tertiary/aromatic N) is 3. The molecule has 10 nitrogen and oxygen atoms in total. The Kier molecular flexibility index (Phi) is 7.29. The molecule has 1 aliphatic rings. The van der Waals surface area contributed by atoms with Crippen LogP contribution in [0.15, 0.2) is 65.6 Å². The summed E-state index contributed by atoms with van der Waals surface area (Å²) in [5.74, 6) is -0.224. The fourth-order valence-corrected chi connectivity index (χ4v) is 4.34. The van der Waals surface area contributed by atoms with Crippen LogP contribution >= 0.6 is 0 Å². The third-order valence-electron chi connectivity index (χ3n) is 6.06. The van der Waals surface area contributed by atoms with Crippen molar-refractivity contribution in [2.75, 3.05) is 17.2 Å². The monoisotopic (exact) mass is 571 g/mol. The predicted octanol–water partition coefficient (Wildman–Crippen LogP) is 3.82. The highest BCUT2D eigenvalue weighted by atomic mass is 32.2. The quantitative estimate of drug-likeness (QED) is 0.237. The molecule has 1 fully saturated rings. The minimum atomic E-state index is -4.50. The molecule has 2 aromatic heterocycles. The molecule has 0 atom stereocenters. The summed E-state index contributed by atoms with van der Waals surface area (Å²) in [5, 5.41) is 13.3. The predicted molar refractivity (Wildman–Crippen MR) is 143 cm³/mol. The summed E-state index contributed by atoms with van der Waals surface area (Å²) in [6.45, 7) is -1.16. The first kappa shape index (κ1) is 27.3. The first-order valence-corrected chi connectivity index (χ1v) is 13.8. The van der Waals surface area contributed by atoms with Gasteiger partial charge in [0.1, 0.15) is 12.1 Å². The van der Waals surface area contributed by atoms with E-state index in [9.17, 15) is 26.4 Å². The summed E-state index contributed by atoms with van der Waals surface area (Å²) in [6, 6.07) is 16.1. The van der Waals surface area contributed by atoms with Crippen molar-refractivity contribution in [3.63, 3.8) is 0 Å². The molecule has 5 N–H and O–H groups in total. The fraction of sp³-hybridized carbons (Fsp3) is 0.231. The molecule has 4 aromatic rings. The molecule has 2 heterocycles. The van der Waals surface area contributed by atoms with Crippen molar-refractivity contribution in [1.29, 1.82) is 0 Å². The van der Waals surface area contributed by atoms with Gasteiger partial charge in [0, 0.05) is 23.7 Å². The Balaban J connectivity index is 1.40.